The summed E-state index contributed by atoms with van der Waals surface area (Å²) >= 11 is 0. The molecule has 7 heteroatoms. The van der Waals surface area contributed by atoms with E-state index in [0.29, 0.717) is 19.4 Å². The highest BCUT2D eigenvalue weighted by Gasteiger charge is 2.26. The Balaban J connectivity index is 2.16. The van der Waals surface area contributed by atoms with Crippen LogP contribution in [0.25, 0.3) is 0 Å². The van der Waals surface area contributed by atoms with Gasteiger partial charge in [-0.15, -0.1) is 0 Å². The third kappa shape index (κ3) is 6.14. The van der Waals surface area contributed by atoms with Gasteiger partial charge in [-0.25, -0.2) is 0 Å². The maximum Gasteiger partial charge on any atom is 0.240 e. The van der Waals surface area contributed by atoms with Crippen LogP contribution in [0, 0.1) is 0 Å². The highest BCUT2D eigenvalue weighted by Crippen LogP contribution is 2.25. The Morgan fingerprint density at radius 3 is 1.85 bits per heavy atom. The lowest BCUT2D eigenvalue weighted by Crippen LogP contribution is -2.46. The van der Waals surface area contributed by atoms with Gasteiger partial charge in [-0.2, -0.15) is 0 Å². The van der Waals surface area contributed by atoms with Crippen LogP contribution in [-0.4, -0.2) is 30.4 Å². The number of carbonyl (C=O) groups is 2. The molecule has 1 atom stereocenters. The molecular weight excluding hydrogens is 342 g/mol. The van der Waals surface area contributed by atoms with Gasteiger partial charge < -0.3 is 22.5 Å². The van der Waals surface area contributed by atoms with Crippen molar-refractivity contribution < 1.29 is 9.59 Å². The number of primary amides is 1. The molecule has 0 radical (unpaired) electrons. The molecule has 2 aromatic rings. The second-order valence-corrected chi connectivity index (χ2v) is 6.17. The Labute approximate surface area is 158 Å². The predicted molar refractivity (Wildman–Crippen MR) is 106 cm³/mol. The molecule has 0 aliphatic heterocycles. The van der Waals surface area contributed by atoms with Gasteiger partial charge in [0.1, 0.15) is 6.04 Å². The van der Waals surface area contributed by atoms with Gasteiger partial charge in [-0.3, -0.25) is 14.6 Å². The molecule has 0 heterocycles. The Bertz CT molecular complexity index is 734. The lowest BCUT2D eigenvalue weighted by molar-refractivity contribution is -0.127. The number of amides is 2. The zero-order valence-electron chi connectivity index (χ0n) is 15.0. The van der Waals surface area contributed by atoms with Gasteiger partial charge in [0.2, 0.25) is 11.8 Å². The van der Waals surface area contributed by atoms with Crippen molar-refractivity contribution >= 4 is 17.8 Å². The Kier molecular flexibility index (Phi) is 7.37. The first-order valence-corrected chi connectivity index (χ1v) is 8.74. The van der Waals surface area contributed by atoms with E-state index in [0.717, 1.165) is 11.1 Å². The number of carbonyl (C=O) groups excluding carboxylic acids is 2. The third-order valence-electron chi connectivity index (χ3n) is 4.13. The monoisotopic (exact) mass is 367 g/mol. The van der Waals surface area contributed by atoms with Gasteiger partial charge in [0.25, 0.3) is 0 Å². The normalized spacial score (nSPS) is 11.6. The molecule has 0 aliphatic carbocycles. The summed E-state index contributed by atoms with van der Waals surface area (Å²) in [6.07, 6.45) is 0.876. The van der Waals surface area contributed by atoms with Gasteiger partial charge in [-0.1, -0.05) is 60.7 Å². The van der Waals surface area contributed by atoms with Gasteiger partial charge in [-0.05, 0) is 24.0 Å². The van der Waals surface area contributed by atoms with Crippen molar-refractivity contribution in [1.82, 2.24) is 5.32 Å². The van der Waals surface area contributed by atoms with E-state index in [1.165, 1.54) is 0 Å². The van der Waals surface area contributed by atoms with Crippen molar-refractivity contribution in [3.8, 4) is 0 Å². The fourth-order valence-corrected chi connectivity index (χ4v) is 2.83. The van der Waals surface area contributed by atoms with E-state index in [1.54, 1.807) is 0 Å². The van der Waals surface area contributed by atoms with E-state index in [2.05, 4.69) is 10.3 Å². The summed E-state index contributed by atoms with van der Waals surface area (Å²) in [4.78, 5) is 28.7. The van der Waals surface area contributed by atoms with Crippen molar-refractivity contribution in [2.24, 2.45) is 22.2 Å². The van der Waals surface area contributed by atoms with Crippen LogP contribution in [0.1, 0.15) is 29.9 Å². The minimum Gasteiger partial charge on any atom is -0.370 e. The summed E-state index contributed by atoms with van der Waals surface area (Å²) in [5.74, 6) is -1.42. The molecule has 2 aromatic carbocycles. The van der Waals surface area contributed by atoms with Gasteiger partial charge in [0, 0.05) is 6.54 Å². The maximum absolute atomic E-state index is 13.0. The number of nitrogens with one attached hydrogen (secondary N) is 1. The Morgan fingerprint density at radius 2 is 1.41 bits per heavy atom. The van der Waals surface area contributed by atoms with Crippen LogP contribution in [0.15, 0.2) is 65.7 Å². The SMILES string of the molecule is NC(=O)[C@H](CCCN=C(N)N)NC(=O)C(c1ccccc1)c1ccccc1. The molecule has 0 spiro atoms. The van der Waals surface area contributed by atoms with Crippen LogP contribution in [0.5, 0.6) is 0 Å². The molecule has 2 amide bonds. The molecular formula is C20H25N5O2. The molecule has 27 heavy (non-hydrogen) atoms. The van der Waals surface area contributed by atoms with E-state index in [4.69, 9.17) is 17.2 Å². The molecule has 142 valence electrons. The molecule has 2 rings (SSSR count). The fourth-order valence-electron chi connectivity index (χ4n) is 2.83. The molecule has 0 bridgehead atoms. The number of nitrogens with two attached hydrogens (primary N) is 3. The Morgan fingerprint density at radius 1 is 0.889 bits per heavy atom. The highest BCUT2D eigenvalue weighted by atomic mass is 16.2. The van der Waals surface area contributed by atoms with E-state index < -0.39 is 17.9 Å². The van der Waals surface area contributed by atoms with Crippen molar-refractivity contribution in [1.29, 1.82) is 0 Å². The quantitative estimate of drug-likeness (QED) is 0.296. The minimum absolute atomic E-state index is 0.0112. The summed E-state index contributed by atoms with van der Waals surface area (Å²) < 4.78 is 0. The van der Waals surface area contributed by atoms with Crippen LogP contribution in [0.2, 0.25) is 0 Å². The lowest BCUT2D eigenvalue weighted by atomic mass is 9.90. The minimum atomic E-state index is -0.790. The first-order valence-electron chi connectivity index (χ1n) is 8.74. The summed E-state index contributed by atoms with van der Waals surface area (Å²) in [7, 11) is 0. The highest BCUT2D eigenvalue weighted by molar-refractivity contribution is 5.91. The number of benzene rings is 2. The predicted octanol–water partition coefficient (Wildman–Crippen LogP) is 0.842. The first kappa shape index (κ1) is 20.0. The van der Waals surface area contributed by atoms with Gasteiger partial charge in [0.15, 0.2) is 5.96 Å². The zero-order chi connectivity index (χ0) is 19.6. The second kappa shape index (κ2) is 9.96. The molecule has 0 saturated carbocycles. The van der Waals surface area contributed by atoms with Crippen molar-refractivity contribution in [3.63, 3.8) is 0 Å². The van der Waals surface area contributed by atoms with Crippen LogP contribution >= 0.6 is 0 Å². The van der Waals surface area contributed by atoms with Crippen LogP contribution in [-0.2, 0) is 9.59 Å². The molecule has 0 fully saturated rings. The molecule has 0 saturated heterocycles. The van der Waals surface area contributed by atoms with Crippen LogP contribution < -0.4 is 22.5 Å². The van der Waals surface area contributed by atoms with Crippen molar-refractivity contribution in [2.45, 2.75) is 24.8 Å². The van der Waals surface area contributed by atoms with E-state index in [-0.39, 0.29) is 11.9 Å². The summed E-state index contributed by atoms with van der Waals surface area (Å²) in [5, 5.41) is 2.78. The maximum atomic E-state index is 13.0. The fraction of sp³-hybridized carbons (Fsp3) is 0.250. The van der Waals surface area contributed by atoms with E-state index >= 15 is 0 Å². The number of rotatable bonds is 9. The number of hydrogen-bond acceptors (Lipinski definition) is 3. The van der Waals surface area contributed by atoms with Crippen molar-refractivity contribution in [3.05, 3.63) is 71.8 Å². The first-order chi connectivity index (χ1) is 13.0. The standard InChI is InChI=1S/C20H25N5O2/c21-18(26)16(12-7-13-24-20(22)23)25-19(27)17(14-8-3-1-4-9-14)15-10-5-2-6-11-15/h1-6,8-11,16-17H,7,12-13H2,(H2,21,26)(H,25,27)(H4,22,23,24)/t16-/m0/s1. The molecule has 0 unspecified atom stereocenters. The largest absolute Gasteiger partial charge is 0.370 e. The Hall–Kier alpha value is -3.35. The number of aliphatic imine (C=N–C) groups is 1. The van der Waals surface area contributed by atoms with Gasteiger partial charge >= 0.3 is 0 Å². The summed E-state index contributed by atoms with van der Waals surface area (Å²) in [6.45, 7) is 0.364. The second-order valence-electron chi connectivity index (χ2n) is 6.17. The molecule has 7 N–H and O–H groups in total. The molecule has 7 nitrogen and oxygen atoms in total. The van der Waals surface area contributed by atoms with E-state index in [1.807, 2.05) is 60.7 Å². The van der Waals surface area contributed by atoms with E-state index in [9.17, 15) is 9.59 Å². The number of guanidine groups is 1. The van der Waals surface area contributed by atoms with Crippen molar-refractivity contribution in [2.75, 3.05) is 6.54 Å². The third-order valence-corrected chi connectivity index (χ3v) is 4.13. The smallest absolute Gasteiger partial charge is 0.240 e. The summed E-state index contributed by atoms with van der Waals surface area (Å²) in [5.41, 5.74) is 17.7. The van der Waals surface area contributed by atoms with Crippen LogP contribution in [0.4, 0.5) is 0 Å². The average molecular weight is 367 g/mol. The van der Waals surface area contributed by atoms with Crippen LogP contribution in [0.3, 0.4) is 0 Å². The van der Waals surface area contributed by atoms with Gasteiger partial charge in [0.05, 0.1) is 5.92 Å². The lowest BCUT2D eigenvalue weighted by Gasteiger charge is -2.21. The molecule has 0 aromatic heterocycles. The number of nitrogens with zero attached hydrogens (tertiary/aromatic N) is 1. The zero-order valence-corrected chi connectivity index (χ0v) is 15.0. The number of hydrogen-bond donors (Lipinski definition) is 4. The topological polar surface area (TPSA) is 137 Å². The molecule has 0 aliphatic rings. The average Bonchev–Trinajstić information content (AvgIpc) is 2.66. The summed E-state index contributed by atoms with van der Waals surface area (Å²) in [6, 6.07) is 18.0.